The van der Waals surface area contributed by atoms with Crippen LogP contribution in [0.15, 0.2) is 60.3 Å². The molecule has 0 saturated carbocycles. The highest BCUT2D eigenvalue weighted by atomic mass is 32.2. The van der Waals surface area contributed by atoms with Gasteiger partial charge in [0.05, 0.1) is 12.2 Å². The first-order valence-corrected chi connectivity index (χ1v) is 11.2. The fraction of sp³-hybridized carbons (Fsp3) is 0.250. The average Bonchev–Trinajstić information content (AvgIpc) is 3.09. The van der Waals surface area contributed by atoms with Crippen LogP contribution in [0.3, 0.4) is 0 Å². The number of allylic oxidation sites excluding steroid dienone is 1. The number of rotatable bonds is 9. The van der Waals surface area contributed by atoms with Crippen LogP contribution in [0.1, 0.15) is 22.5 Å². The lowest BCUT2D eigenvalue weighted by Crippen LogP contribution is -2.18. The summed E-state index contributed by atoms with van der Waals surface area (Å²) in [5.74, 6) is 0.388. The first-order valence-electron chi connectivity index (χ1n) is 10.2. The molecule has 3 rings (SSSR count). The Balaban J connectivity index is 1.63. The van der Waals surface area contributed by atoms with Crippen LogP contribution >= 0.6 is 11.8 Å². The summed E-state index contributed by atoms with van der Waals surface area (Å²) in [7, 11) is 0. The van der Waals surface area contributed by atoms with Crippen molar-refractivity contribution in [1.82, 2.24) is 14.8 Å². The molecule has 0 saturated heterocycles. The molecular formula is C24H27N5O2S. The van der Waals surface area contributed by atoms with Crippen molar-refractivity contribution in [3.63, 3.8) is 0 Å². The molecule has 0 aliphatic carbocycles. The van der Waals surface area contributed by atoms with Gasteiger partial charge >= 0.3 is 0 Å². The van der Waals surface area contributed by atoms with Crippen LogP contribution in [-0.2, 0) is 22.6 Å². The molecule has 1 aromatic heterocycles. The van der Waals surface area contributed by atoms with E-state index in [2.05, 4.69) is 33.5 Å². The van der Waals surface area contributed by atoms with E-state index in [9.17, 15) is 9.59 Å². The summed E-state index contributed by atoms with van der Waals surface area (Å²) in [6.45, 7) is 10.1. The van der Waals surface area contributed by atoms with Crippen molar-refractivity contribution < 1.29 is 9.59 Å². The van der Waals surface area contributed by atoms with Crippen molar-refractivity contribution in [1.29, 1.82) is 0 Å². The summed E-state index contributed by atoms with van der Waals surface area (Å²) in [5, 5.41) is 14.8. The fourth-order valence-corrected chi connectivity index (χ4v) is 4.06. The van der Waals surface area contributed by atoms with E-state index in [1.54, 1.807) is 10.6 Å². The number of nitrogens with zero attached hydrogens (tertiary/aromatic N) is 3. The van der Waals surface area contributed by atoms with Gasteiger partial charge in [-0.15, -0.1) is 16.8 Å². The highest BCUT2D eigenvalue weighted by molar-refractivity contribution is 7.99. The van der Waals surface area contributed by atoms with Gasteiger partial charge in [0.2, 0.25) is 11.8 Å². The van der Waals surface area contributed by atoms with Gasteiger partial charge in [-0.3, -0.25) is 9.59 Å². The maximum atomic E-state index is 12.5. The second kappa shape index (κ2) is 10.8. The minimum Gasteiger partial charge on any atom is -0.325 e. The monoisotopic (exact) mass is 449 g/mol. The summed E-state index contributed by atoms with van der Waals surface area (Å²) < 4.78 is 1.80. The Labute approximate surface area is 192 Å². The zero-order valence-electron chi connectivity index (χ0n) is 18.5. The number of para-hydroxylation sites is 1. The smallest absolute Gasteiger partial charge is 0.234 e. The lowest BCUT2D eigenvalue weighted by Gasteiger charge is -2.10. The van der Waals surface area contributed by atoms with E-state index in [0.29, 0.717) is 17.5 Å². The largest absolute Gasteiger partial charge is 0.325 e. The predicted octanol–water partition coefficient (Wildman–Crippen LogP) is 4.30. The lowest BCUT2D eigenvalue weighted by atomic mass is 10.1. The third-order valence-electron chi connectivity index (χ3n) is 4.68. The highest BCUT2D eigenvalue weighted by Gasteiger charge is 2.17. The van der Waals surface area contributed by atoms with Gasteiger partial charge in [-0.05, 0) is 55.7 Å². The molecule has 166 valence electrons. The molecule has 0 spiro atoms. The minimum atomic E-state index is -0.180. The van der Waals surface area contributed by atoms with Gasteiger partial charge < -0.3 is 15.2 Å². The number of thioether (sulfide) groups is 1. The Morgan fingerprint density at radius 3 is 2.44 bits per heavy atom. The standard InChI is InChI=1S/C24H27N5O2S/c1-5-10-29-21(14-22(30)26-20-9-7-6-8-18(20)4)27-28-24(29)32-15-23(31)25-19-12-16(2)11-17(3)13-19/h5-9,11-13H,1,10,14-15H2,2-4H3,(H,25,31)(H,26,30). The average molecular weight is 450 g/mol. The number of benzene rings is 2. The second-order valence-electron chi connectivity index (χ2n) is 7.55. The summed E-state index contributed by atoms with van der Waals surface area (Å²) in [4.78, 5) is 25.0. The van der Waals surface area contributed by atoms with E-state index in [-0.39, 0.29) is 24.0 Å². The number of nitrogens with one attached hydrogen (secondary N) is 2. The molecule has 1 heterocycles. The zero-order valence-corrected chi connectivity index (χ0v) is 19.3. The highest BCUT2D eigenvalue weighted by Crippen LogP contribution is 2.20. The van der Waals surface area contributed by atoms with Crippen molar-refractivity contribution in [2.45, 2.75) is 38.9 Å². The maximum Gasteiger partial charge on any atom is 0.234 e. The number of anilines is 2. The Hall–Kier alpha value is -3.39. The Bertz CT molecular complexity index is 1120. The van der Waals surface area contributed by atoms with E-state index >= 15 is 0 Å². The minimum absolute atomic E-state index is 0.0739. The zero-order chi connectivity index (χ0) is 23.1. The van der Waals surface area contributed by atoms with Crippen molar-refractivity contribution >= 4 is 35.0 Å². The van der Waals surface area contributed by atoms with Crippen LogP contribution in [0.5, 0.6) is 0 Å². The van der Waals surface area contributed by atoms with E-state index in [1.165, 1.54) is 11.8 Å². The van der Waals surface area contributed by atoms with E-state index in [4.69, 9.17) is 0 Å². The molecule has 7 nitrogen and oxygen atoms in total. The topological polar surface area (TPSA) is 88.9 Å². The lowest BCUT2D eigenvalue weighted by molar-refractivity contribution is -0.116. The number of hydrogen-bond donors (Lipinski definition) is 2. The van der Waals surface area contributed by atoms with Gasteiger partial charge in [-0.25, -0.2) is 0 Å². The molecule has 0 aliphatic rings. The Morgan fingerprint density at radius 2 is 1.75 bits per heavy atom. The molecule has 0 radical (unpaired) electrons. The van der Waals surface area contributed by atoms with Crippen LogP contribution in [0.2, 0.25) is 0 Å². The molecule has 2 aromatic carbocycles. The van der Waals surface area contributed by atoms with Gasteiger partial charge in [0, 0.05) is 17.9 Å². The van der Waals surface area contributed by atoms with Crippen molar-refractivity contribution in [2.24, 2.45) is 0 Å². The molecule has 3 aromatic rings. The molecule has 0 unspecified atom stereocenters. The van der Waals surface area contributed by atoms with Crippen LogP contribution < -0.4 is 10.6 Å². The maximum absolute atomic E-state index is 12.5. The molecule has 0 bridgehead atoms. The normalized spacial score (nSPS) is 10.6. The number of carbonyl (C=O) groups is 2. The van der Waals surface area contributed by atoms with Crippen molar-refractivity contribution in [3.05, 3.63) is 77.6 Å². The quantitative estimate of drug-likeness (QED) is 0.376. The molecule has 0 fully saturated rings. The summed E-state index contributed by atoms with van der Waals surface area (Å²) >= 11 is 1.27. The van der Waals surface area contributed by atoms with Gasteiger partial charge in [0.15, 0.2) is 5.16 Å². The first kappa shape index (κ1) is 23.3. The van der Waals surface area contributed by atoms with Crippen molar-refractivity contribution in [2.75, 3.05) is 16.4 Å². The number of aryl methyl sites for hydroxylation is 3. The Kier molecular flexibility index (Phi) is 7.83. The summed E-state index contributed by atoms with van der Waals surface area (Å²) in [6.07, 6.45) is 1.79. The van der Waals surface area contributed by atoms with Gasteiger partial charge in [-0.1, -0.05) is 42.1 Å². The number of amides is 2. The molecule has 0 atom stereocenters. The van der Waals surface area contributed by atoms with Gasteiger partial charge in [-0.2, -0.15) is 0 Å². The molecule has 32 heavy (non-hydrogen) atoms. The van der Waals surface area contributed by atoms with E-state index in [0.717, 1.165) is 28.1 Å². The fourth-order valence-electron chi connectivity index (χ4n) is 3.29. The van der Waals surface area contributed by atoms with E-state index in [1.807, 2.05) is 57.2 Å². The third kappa shape index (κ3) is 6.31. The van der Waals surface area contributed by atoms with Crippen LogP contribution in [0.25, 0.3) is 0 Å². The van der Waals surface area contributed by atoms with Gasteiger partial charge in [0.25, 0.3) is 0 Å². The predicted molar refractivity (Wildman–Crippen MR) is 129 cm³/mol. The molecule has 2 N–H and O–H groups in total. The summed E-state index contributed by atoms with van der Waals surface area (Å²) in [5.41, 5.74) is 4.71. The van der Waals surface area contributed by atoms with Crippen molar-refractivity contribution in [3.8, 4) is 0 Å². The number of hydrogen-bond acceptors (Lipinski definition) is 5. The first-order chi connectivity index (χ1) is 15.4. The van der Waals surface area contributed by atoms with Gasteiger partial charge in [0.1, 0.15) is 5.82 Å². The van der Waals surface area contributed by atoms with E-state index < -0.39 is 0 Å². The van der Waals surface area contributed by atoms with Crippen LogP contribution in [0, 0.1) is 20.8 Å². The molecule has 0 aliphatic heterocycles. The van der Waals surface area contributed by atoms with Crippen LogP contribution in [0.4, 0.5) is 11.4 Å². The SMILES string of the molecule is C=CCn1c(CC(=O)Nc2ccccc2C)nnc1SCC(=O)Nc1cc(C)cc(C)c1. The molecule has 2 amide bonds. The number of aromatic nitrogens is 3. The number of carbonyl (C=O) groups excluding carboxylic acids is 2. The second-order valence-corrected chi connectivity index (χ2v) is 8.49. The molecular weight excluding hydrogens is 422 g/mol. The summed E-state index contributed by atoms with van der Waals surface area (Å²) in [6, 6.07) is 13.5. The molecule has 8 heteroatoms. The third-order valence-corrected chi connectivity index (χ3v) is 5.65. The van der Waals surface area contributed by atoms with Crippen LogP contribution in [-0.4, -0.2) is 32.3 Å². The Morgan fingerprint density at radius 1 is 1.03 bits per heavy atom.